The van der Waals surface area contributed by atoms with Gasteiger partial charge in [0.1, 0.15) is 18.7 Å². The van der Waals surface area contributed by atoms with Crippen molar-refractivity contribution < 1.29 is 13.9 Å². The van der Waals surface area contributed by atoms with E-state index in [0.29, 0.717) is 5.56 Å². The molecule has 0 spiro atoms. The van der Waals surface area contributed by atoms with Crippen LogP contribution in [0.4, 0.5) is 4.39 Å². The number of ether oxygens (including phenoxy) is 1. The molecule has 112 valence electrons. The highest BCUT2D eigenvalue weighted by Crippen LogP contribution is 2.22. The van der Waals surface area contributed by atoms with E-state index in [2.05, 4.69) is 15.4 Å². The molecule has 0 radical (unpaired) electrons. The van der Waals surface area contributed by atoms with Gasteiger partial charge in [0, 0.05) is 0 Å². The highest BCUT2D eigenvalue weighted by atomic mass is 19.1. The lowest BCUT2D eigenvalue weighted by atomic mass is 10.1. The minimum absolute atomic E-state index is 0.174. The van der Waals surface area contributed by atoms with Crippen LogP contribution in [-0.4, -0.2) is 27.8 Å². The summed E-state index contributed by atoms with van der Waals surface area (Å²) in [7, 11) is 1.41. The minimum atomic E-state index is -0.488. The number of aromatic nitrogens is 3. The van der Waals surface area contributed by atoms with Gasteiger partial charge in [-0.15, -0.1) is 0 Å². The molecule has 0 aliphatic carbocycles. The Morgan fingerprint density at radius 2 is 2.19 bits per heavy atom. The van der Waals surface area contributed by atoms with Gasteiger partial charge >= 0.3 is 0 Å². The van der Waals surface area contributed by atoms with Gasteiger partial charge < -0.3 is 10.1 Å². The van der Waals surface area contributed by atoms with Crippen molar-refractivity contribution in [2.75, 3.05) is 7.11 Å². The topological polar surface area (TPSA) is 69.0 Å². The first-order valence-electron chi connectivity index (χ1n) is 6.51. The van der Waals surface area contributed by atoms with Crippen LogP contribution in [0.25, 0.3) is 0 Å². The summed E-state index contributed by atoms with van der Waals surface area (Å²) in [4.78, 5) is 15.9. The van der Waals surface area contributed by atoms with Crippen LogP contribution in [0.5, 0.6) is 5.75 Å². The summed E-state index contributed by atoms with van der Waals surface area (Å²) in [6, 6.07) is 3.78. The molecule has 1 heterocycles. The largest absolute Gasteiger partial charge is 0.494 e. The first-order chi connectivity index (χ1) is 10.0. The first kappa shape index (κ1) is 15.0. The number of methoxy groups -OCH3 is 1. The molecule has 0 aliphatic heterocycles. The maximum atomic E-state index is 13.7. The number of carbonyl (C=O) groups excluding carboxylic acids is 1. The fourth-order valence-corrected chi connectivity index (χ4v) is 1.91. The molecule has 2 aromatic rings. The molecule has 7 heteroatoms. The number of rotatable bonds is 5. The quantitative estimate of drug-likeness (QED) is 0.913. The van der Waals surface area contributed by atoms with Gasteiger partial charge in [-0.3, -0.25) is 4.79 Å². The molecule has 1 aromatic carbocycles. The number of hydrogen-bond donors (Lipinski definition) is 1. The Morgan fingerprint density at radius 3 is 2.76 bits per heavy atom. The van der Waals surface area contributed by atoms with E-state index in [0.717, 1.165) is 0 Å². The second-order valence-corrected chi connectivity index (χ2v) is 4.68. The van der Waals surface area contributed by atoms with Crippen LogP contribution in [-0.2, 0) is 4.79 Å². The maximum Gasteiger partial charge on any atom is 0.245 e. The van der Waals surface area contributed by atoms with E-state index in [-0.39, 0.29) is 17.7 Å². The van der Waals surface area contributed by atoms with Crippen molar-refractivity contribution in [1.82, 2.24) is 20.1 Å². The Kier molecular flexibility index (Phi) is 4.52. The van der Waals surface area contributed by atoms with Gasteiger partial charge in [0.25, 0.3) is 0 Å². The van der Waals surface area contributed by atoms with E-state index in [4.69, 9.17) is 4.74 Å². The van der Waals surface area contributed by atoms with Gasteiger partial charge in [0.2, 0.25) is 5.91 Å². The van der Waals surface area contributed by atoms with Gasteiger partial charge in [0.15, 0.2) is 11.6 Å². The van der Waals surface area contributed by atoms with Gasteiger partial charge in [-0.25, -0.2) is 14.1 Å². The summed E-state index contributed by atoms with van der Waals surface area (Å²) in [6.07, 6.45) is 2.84. The third kappa shape index (κ3) is 3.36. The molecule has 0 saturated heterocycles. The molecule has 1 N–H and O–H groups in total. The van der Waals surface area contributed by atoms with Crippen LogP contribution in [0.15, 0.2) is 30.9 Å². The third-order valence-corrected chi connectivity index (χ3v) is 3.25. The van der Waals surface area contributed by atoms with E-state index in [1.807, 2.05) is 0 Å². The number of benzene rings is 1. The van der Waals surface area contributed by atoms with Crippen LogP contribution in [0, 0.1) is 5.82 Å². The highest BCUT2D eigenvalue weighted by Gasteiger charge is 2.18. The predicted octanol–water partition coefficient (Wildman–Crippen LogP) is 1.86. The molecule has 0 bridgehead atoms. The summed E-state index contributed by atoms with van der Waals surface area (Å²) in [5.41, 5.74) is 0.660. The average Bonchev–Trinajstić information content (AvgIpc) is 3.00. The molecule has 2 unspecified atom stereocenters. The van der Waals surface area contributed by atoms with Crippen LogP contribution < -0.4 is 10.1 Å². The Hall–Kier alpha value is -2.44. The summed E-state index contributed by atoms with van der Waals surface area (Å²) in [5.74, 6) is -0.502. The Labute approximate surface area is 121 Å². The lowest BCUT2D eigenvalue weighted by molar-refractivity contribution is -0.124. The number of hydrogen-bond acceptors (Lipinski definition) is 4. The molecule has 0 fully saturated rings. The molecule has 1 amide bonds. The second-order valence-electron chi connectivity index (χ2n) is 4.68. The summed E-state index contributed by atoms with van der Waals surface area (Å²) in [5, 5.41) is 6.74. The minimum Gasteiger partial charge on any atom is -0.494 e. The van der Waals surface area contributed by atoms with Gasteiger partial charge in [-0.1, -0.05) is 6.07 Å². The molecule has 2 rings (SSSR count). The molecule has 1 aromatic heterocycles. The average molecular weight is 292 g/mol. The first-order valence-corrected chi connectivity index (χ1v) is 6.51. The van der Waals surface area contributed by atoms with Crippen LogP contribution in [0.2, 0.25) is 0 Å². The highest BCUT2D eigenvalue weighted by molar-refractivity contribution is 5.80. The third-order valence-electron chi connectivity index (χ3n) is 3.25. The number of nitrogens with zero attached hydrogens (tertiary/aromatic N) is 3. The van der Waals surface area contributed by atoms with Crippen molar-refractivity contribution in [2.45, 2.75) is 25.9 Å². The van der Waals surface area contributed by atoms with E-state index in [9.17, 15) is 9.18 Å². The van der Waals surface area contributed by atoms with E-state index in [1.165, 1.54) is 36.6 Å². The van der Waals surface area contributed by atoms with Crippen molar-refractivity contribution >= 4 is 5.91 Å². The van der Waals surface area contributed by atoms with Crippen LogP contribution in [0.3, 0.4) is 0 Å². The monoisotopic (exact) mass is 292 g/mol. The summed E-state index contributed by atoms with van der Waals surface area (Å²) < 4.78 is 20.0. The Balaban J connectivity index is 2.05. The SMILES string of the molecule is COc1ccc(C(C)NC(=O)C(C)n2cncn2)cc1F. The van der Waals surface area contributed by atoms with Crippen molar-refractivity contribution in [3.63, 3.8) is 0 Å². The van der Waals surface area contributed by atoms with Crippen molar-refractivity contribution in [2.24, 2.45) is 0 Å². The molecular formula is C14H17FN4O2. The second kappa shape index (κ2) is 6.34. The van der Waals surface area contributed by atoms with Crippen molar-refractivity contribution in [1.29, 1.82) is 0 Å². The Bertz CT molecular complexity index is 615. The molecule has 6 nitrogen and oxygen atoms in total. The zero-order valence-corrected chi connectivity index (χ0v) is 12.1. The maximum absolute atomic E-state index is 13.7. The summed E-state index contributed by atoms with van der Waals surface area (Å²) >= 11 is 0. The number of halogens is 1. The van der Waals surface area contributed by atoms with Gasteiger partial charge in [-0.2, -0.15) is 5.10 Å². The molecule has 21 heavy (non-hydrogen) atoms. The molecule has 0 saturated carbocycles. The van der Waals surface area contributed by atoms with Crippen LogP contribution in [0.1, 0.15) is 31.5 Å². The van der Waals surface area contributed by atoms with Crippen molar-refractivity contribution in [3.05, 3.63) is 42.2 Å². The normalized spacial score (nSPS) is 13.5. The summed E-state index contributed by atoms with van der Waals surface area (Å²) in [6.45, 7) is 3.50. The molecule has 2 atom stereocenters. The van der Waals surface area contributed by atoms with E-state index in [1.54, 1.807) is 19.9 Å². The fraction of sp³-hybridized carbons (Fsp3) is 0.357. The fourth-order valence-electron chi connectivity index (χ4n) is 1.91. The lowest BCUT2D eigenvalue weighted by Crippen LogP contribution is -2.33. The molecule has 0 aliphatic rings. The zero-order valence-electron chi connectivity index (χ0n) is 12.1. The molecular weight excluding hydrogens is 275 g/mol. The van der Waals surface area contributed by atoms with E-state index < -0.39 is 11.9 Å². The van der Waals surface area contributed by atoms with Crippen molar-refractivity contribution in [3.8, 4) is 5.75 Å². The Morgan fingerprint density at radius 1 is 1.43 bits per heavy atom. The smallest absolute Gasteiger partial charge is 0.245 e. The van der Waals surface area contributed by atoms with Gasteiger partial charge in [0.05, 0.1) is 13.2 Å². The number of carbonyl (C=O) groups is 1. The number of amides is 1. The lowest BCUT2D eigenvalue weighted by Gasteiger charge is -2.18. The van der Waals surface area contributed by atoms with E-state index >= 15 is 0 Å². The number of nitrogens with one attached hydrogen (secondary N) is 1. The van der Waals surface area contributed by atoms with Gasteiger partial charge in [-0.05, 0) is 31.5 Å². The van der Waals surface area contributed by atoms with Crippen LogP contribution >= 0.6 is 0 Å². The standard InChI is InChI=1S/C14H17FN4O2/c1-9(11-4-5-13(21-3)12(15)6-11)18-14(20)10(2)19-8-16-7-17-19/h4-10H,1-3H3,(H,18,20). The zero-order chi connectivity index (χ0) is 15.4. The predicted molar refractivity (Wildman–Crippen MR) is 74.2 cm³/mol.